The van der Waals surface area contributed by atoms with Crippen molar-refractivity contribution in [2.45, 2.75) is 33.1 Å². The summed E-state index contributed by atoms with van der Waals surface area (Å²) in [5.74, 6) is 1.22. The van der Waals surface area contributed by atoms with E-state index in [1.807, 2.05) is 18.2 Å². The van der Waals surface area contributed by atoms with Crippen molar-refractivity contribution >= 4 is 22.1 Å². The molecule has 0 aliphatic rings. The Morgan fingerprint density at radius 3 is 2.67 bits per heavy atom. The fourth-order valence-electron chi connectivity index (χ4n) is 2.21. The molecule has 2 aromatic heterocycles. The molecular formula is C15H16N2O. The Morgan fingerprint density at radius 2 is 1.94 bits per heavy atom. The second kappa shape index (κ2) is 4.09. The van der Waals surface area contributed by atoms with Crippen LogP contribution < -0.4 is 0 Å². The molecule has 3 nitrogen and oxygen atoms in total. The van der Waals surface area contributed by atoms with E-state index in [1.165, 1.54) is 0 Å². The molecule has 3 heteroatoms. The Bertz CT molecular complexity index is 713. The van der Waals surface area contributed by atoms with E-state index in [4.69, 9.17) is 4.42 Å². The summed E-state index contributed by atoms with van der Waals surface area (Å²) in [6.07, 6.45) is 0.842. The van der Waals surface area contributed by atoms with Gasteiger partial charge in [-0.2, -0.15) is 0 Å². The summed E-state index contributed by atoms with van der Waals surface area (Å²) in [7, 11) is 0. The number of furan rings is 1. The van der Waals surface area contributed by atoms with Gasteiger partial charge in [-0.3, -0.25) is 0 Å². The van der Waals surface area contributed by atoms with Gasteiger partial charge >= 0.3 is 0 Å². The van der Waals surface area contributed by atoms with Crippen LogP contribution in [0.4, 0.5) is 0 Å². The van der Waals surface area contributed by atoms with Crippen molar-refractivity contribution in [3.63, 3.8) is 0 Å². The number of hydrogen-bond donors (Lipinski definition) is 0. The monoisotopic (exact) mass is 240 g/mol. The van der Waals surface area contributed by atoms with Crippen LogP contribution in [0.2, 0.25) is 0 Å². The molecule has 0 atom stereocenters. The van der Waals surface area contributed by atoms with Crippen LogP contribution in [-0.4, -0.2) is 9.97 Å². The zero-order valence-corrected chi connectivity index (χ0v) is 10.9. The van der Waals surface area contributed by atoms with Crippen LogP contribution in [0.1, 0.15) is 38.2 Å². The fraction of sp³-hybridized carbons (Fsp3) is 0.333. The maximum Gasteiger partial charge on any atom is 0.175 e. The molecule has 2 heterocycles. The highest BCUT2D eigenvalue weighted by Gasteiger charge is 2.16. The molecule has 0 aliphatic carbocycles. The number of para-hydroxylation sites is 1. The van der Waals surface area contributed by atoms with Crippen LogP contribution >= 0.6 is 0 Å². The van der Waals surface area contributed by atoms with E-state index in [1.54, 1.807) is 0 Å². The lowest BCUT2D eigenvalue weighted by atomic mass is 10.1. The van der Waals surface area contributed by atoms with Crippen molar-refractivity contribution < 1.29 is 4.42 Å². The highest BCUT2D eigenvalue weighted by Crippen LogP contribution is 2.31. The minimum absolute atomic E-state index is 0.335. The standard InChI is InChI=1S/C15H16N2O/c1-4-12-16-13(9(2)3)15-14(17-12)10-7-5-6-8-11(10)18-15/h5-9H,4H2,1-3H3. The van der Waals surface area contributed by atoms with E-state index in [0.717, 1.165) is 40.0 Å². The topological polar surface area (TPSA) is 38.9 Å². The third kappa shape index (κ3) is 1.58. The lowest BCUT2D eigenvalue weighted by Gasteiger charge is -2.06. The first-order valence-electron chi connectivity index (χ1n) is 6.38. The highest BCUT2D eigenvalue weighted by molar-refractivity contribution is 6.03. The number of hydrogen-bond acceptors (Lipinski definition) is 3. The number of benzene rings is 1. The van der Waals surface area contributed by atoms with Gasteiger partial charge in [-0.15, -0.1) is 0 Å². The Kier molecular flexibility index (Phi) is 2.54. The fourth-order valence-corrected chi connectivity index (χ4v) is 2.21. The summed E-state index contributed by atoms with van der Waals surface area (Å²) in [6.45, 7) is 6.34. The van der Waals surface area contributed by atoms with E-state index in [-0.39, 0.29) is 0 Å². The predicted molar refractivity (Wildman–Crippen MR) is 72.8 cm³/mol. The summed E-state index contributed by atoms with van der Waals surface area (Å²) in [6, 6.07) is 8.03. The maximum absolute atomic E-state index is 5.92. The molecule has 92 valence electrons. The van der Waals surface area contributed by atoms with Crippen molar-refractivity contribution in [1.29, 1.82) is 0 Å². The molecule has 0 aliphatic heterocycles. The van der Waals surface area contributed by atoms with Gasteiger partial charge in [0, 0.05) is 11.8 Å². The van der Waals surface area contributed by atoms with Crippen molar-refractivity contribution in [1.82, 2.24) is 9.97 Å². The van der Waals surface area contributed by atoms with Gasteiger partial charge in [-0.05, 0) is 18.1 Å². The van der Waals surface area contributed by atoms with Crippen LogP contribution in [-0.2, 0) is 6.42 Å². The molecule has 0 radical (unpaired) electrons. The van der Waals surface area contributed by atoms with E-state index in [2.05, 4.69) is 36.8 Å². The van der Waals surface area contributed by atoms with Gasteiger partial charge in [0.15, 0.2) is 5.58 Å². The molecule has 3 rings (SSSR count). The Balaban J connectivity index is 2.46. The van der Waals surface area contributed by atoms with Crippen molar-refractivity contribution in [2.24, 2.45) is 0 Å². The summed E-state index contributed by atoms with van der Waals surface area (Å²) in [5, 5.41) is 1.08. The molecule has 0 N–H and O–H groups in total. The van der Waals surface area contributed by atoms with E-state index in [0.29, 0.717) is 5.92 Å². The molecule has 3 aromatic rings. The molecule has 18 heavy (non-hydrogen) atoms. The summed E-state index contributed by atoms with van der Waals surface area (Å²) in [5.41, 5.74) is 3.68. The first-order valence-corrected chi connectivity index (χ1v) is 6.38. The molecule has 0 bridgehead atoms. The van der Waals surface area contributed by atoms with Crippen LogP contribution in [0.25, 0.3) is 22.1 Å². The SMILES string of the molecule is CCc1nc(C(C)C)c2oc3ccccc3c2n1. The molecular weight excluding hydrogens is 224 g/mol. The molecule has 0 saturated carbocycles. The lowest BCUT2D eigenvalue weighted by molar-refractivity contribution is 0.645. The van der Waals surface area contributed by atoms with Gasteiger partial charge in [0.05, 0.1) is 5.69 Å². The molecule has 0 fully saturated rings. The largest absolute Gasteiger partial charge is 0.452 e. The zero-order valence-electron chi connectivity index (χ0n) is 10.9. The van der Waals surface area contributed by atoms with Crippen LogP contribution in [0.5, 0.6) is 0 Å². The normalized spacial score (nSPS) is 11.8. The first kappa shape index (κ1) is 11.2. The summed E-state index contributed by atoms with van der Waals surface area (Å²) in [4.78, 5) is 9.23. The first-order chi connectivity index (χ1) is 8.70. The van der Waals surface area contributed by atoms with Gasteiger partial charge in [-0.25, -0.2) is 9.97 Å². The quantitative estimate of drug-likeness (QED) is 0.678. The van der Waals surface area contributed by atoms with Gasteiger partial charge < -0.3 is 4.42 Å². The molecule has 0 unspecified atom stereocenters. The van der Waals surface area contributed by atoms with E-state index in [9.17, 15) is 0 Å². The molecule has 0 amide bonds. The van der Waals surface area contributed by atoms with Gasteiger partial charge in [0.25, 0.3) is 0 Å². The minimum atomic E-state index is 0.335. The highest BCUT2D eigenvalue weighted by atomic mass is 16.3. The van der Waals surface area contributed by atoms with Gasteiger partial charge in [0.1, 0.15) is 16.9 Å². The smallest absolute Gasteiger partial charge is 0.175 e. The zero-order chi connectivity index (χ0) is 12.7. The number of rotatable bonds is 2. The Hall–Kier alpha value is -1.90. The Labute approximate surface area is 106 Å². The van der Waals surface area contributed by atoms with Crippen molar-refractivity contribution in [3.05, 3.63) is 35.8 Å². The number of nitrogens with zero attached hydrogens (tertiary/aromatic N) is 2. The summed E-state index contributed by atoms with van der Waals surface area (Å²) >= 11 is 0. The molecule has 1 aromatic carbocycles. The van der Waals surface area contributed by atoms with Crippen LogP contribution in [0, 0.1) is 0 Å². The van der Waals surface area contributed by atoms with E-state index < -0.39 is 0 Å². The lowest BCUT2D eigenvalue weighted by Crippen LogP contribution is -2.00. The minimum Gasteiger partial charge on any atom is -0.452 e. The predicted octanol–water partition coefficient (Wildman–Crippen LogP) is 4.06. The Morgan fingerprint density at radius 1 is 1.17 bits per heavy atom. The second-order valence-corrected chi connectivity index (χ2v) is 4.81. The average Bonchev–Trinajstić information content (AvgIpc) is 2.75. The van der Waals surface area contributed by atoms with Gasteiger partial charge in [-0.1, -0.05) is 32.9 Å². The third-order valence-electron chi connectivity index (χ3n) is 3.16. The van der Waals surface area contributed by atoms with Crippen molar-refractivity contribution in [3.8, 4) is 0 Å². The van der Waals surface area contributed by atoms with Crippen LogP contribution in [0.3, 0.4) is 0 Å². The maximum atomic E-state index is 5.92. The molecule has 0 spiro atoms. The van der Waals surface area contributed by atoms with Crippen LogP contribution in [0.15, 0.2) is 28.7 Å². The average molecular weight is 240 g/mol. The molecule has 0 saturated heterocycles. The number of aromatic nitrogens is 2. The van der Waals surface area contributed by atoms with E-state index >= 15 is 0 Å². The number of fused-ring (bicyclic) bond motifs is 3. The summed E-state index contributed by atoms with van der Waals surface area (Å²) < 4.78 is 5.92. The number of aryl methyl sites for hydroxylation is 1. The van der Waals surface area contributed by atoms with Crippen molar-refractivity contribution in [2.75, 3.05) is 0 Å². The second-order valence-electron chi connectivity index (χ2n) is 4.81. The third-order valence-corrected chi connectivity index (χ3v) is 3.16. The van der Waals surface area contributed by atoms with Gasteiger partial charge in [0.2, 0.25) is 0 Å².